The highest BCUT2D eigenvalue weighted by molar-refractivity contribution is 7.17. The van der Waals surface area contributed by atoms with E-state index in [0.29, 0.717) is 14.9 Å². The first-order valence-corrected chi connectivity index (χ1v) is 9.53. The van der Waals surface area contributed by atoms with Crippen molar-refractivity contribution in [2.45, 2.75) is 6.54 Å². The summed E-state index contributed by atoms with van der Waals surface area (Å²) in [5, 5.41) is 11.0. The van der Waals surface area contributed by atoms with Crippen LogP contribution in [-0.2, 0) is 6.54 Å². The smallest absolute Gasteiger partial charge is 0.261 e. The second kappa shape index (κ2) is 7.79. The Morgan fingerprint density at radius 1 is 1.11 bits per heavy atom. The van der Waals surface area contributed by atoms with Crippen LogP contribution in [0.25, 0.3) is 11.4 Å². The summed E-state index contributed by atoms with van der Waals surface area (Å²) in [5.41, 5.74) is 1.97. The van der Waals surface area contributed by atoms with E-state index in [1.165, 1.54) is 17.4 Å². The molecule has 4 aromatic rings. The number of benzene rings is 1. The van der Waals surface area contributed by atoms with Crippen molar-refractivity contribution in [2.24, 2.45) is 0 Å². The van der Waals surface area contributed by atoms with Crippen LogP contribution in [0.5, 0.6) is 0 Å². The minimum Gasteiger partial charge on any atom is -0.346 e. The van der Waals surface area contributed by atoms with Gasteiger partial charge in [-0.05, 0) is 36.4 Å². The van der Waals surface area contributed by atoms with Crippen molar-refractivity contribution in [1.29, 1.82) is 0 Å². The zero-order chi connectivity index (χ0) is 19.5. The van der Waals surface area contributed by atoms with Crippen molar-refractivity contribution in [3.8, 4) is 11.4 Å². The molecule has 4 rings (SSSR count). The topological polar surface area (TPSA) is 81.8 Å². The van der Waals surface area contributed by atoms with E-state index in [4.69, 9.17) is 11.6 Å². The van der Waals surface area contributed by atoms with Gasteiger partial charge in [0.15, 0.2) is 0 Å². The van der Waals surface area contributed by atoms with Crippen molar-refractivity contribution in [1.82, 2.24) is 24.9 Å². The zero-order valence-corrected chi connectivity index (χ0v) is 16.0. The van der Waals surface area contributed by atoms with Crippen molar-refractivity contribution in [3.05, 3.63) is 92.3 Å². The van der Waals surface area contributed by atoms with E-state index in [0.717, 1.165) is 11.4 Å². The number of hydrogen-bond acceptors (Lipinski definition) is 5. The predicted octanol–water partition coefficient (Wildman–Crippen LogP) is 3.06. The molecule has 9 heteroatoms. The molecule has 0 atom stereocenters. The fourth-order valence-electron chi connectivity index (χ4n) is 2.63. The van der Waals surface area contributed by atoms with Gasteiger partial charge in [-0.3, -0.25) is 14.2 Å². The first-order chi connectivity index (χ1) is 13.6. The van der Waals surface area contributed by atoms with E-state index >= 15 is 0 Å². The quantitative estimate of drug-likeness (QED) is 0.547. The predicted molar refractivity (Wildman–Crippen MR) is 107 cm³/mol. The standard InChI is InChI=1S/C19H14ClN5O2S/c20-17-8-7-16(28-17)19(27)21-11-13-12-25(23-22-13)15-5-3-4-14(10-15)24-9-2-1-6-18(24)26/h1-10,12H,11H2,(H,21,27). The van der Waals surface area contributed by atoms with Gasteiger partial charge in [-0.1, -0.05) is 28.9 Å². The minimum atomic E-state index is -0.211. The van der Waals surface area contributed by atoms with Gasteiger partial charge in [-0.15, -0.1) is 16.4 Å². The Morgan fingerprint density at radius 2 is 1.96 bits per heavy atom. The highest BCUT2D eigenvalue weighted by Crippen LogP contribution is 2.21. The summed E-state index contributed by atoms with van der Waals surface area (Å²) >= 11 is 7.07. The number of nitrogens with one attached hydrogen (secondary N) is 1. The number of thiophene rings is 1. The summed E-state index contributed by atoms with van der Waals surface area (Å²) in [7, 11) is 0. The third-order valence-corrected chi connectivity index (χ3v) is 5.19. The molecule has 0 radical (unpaired) electrons. The van der Waals surface area contributed by atoms with Crippen LogP contribution in [0.1, 0.15) is 15.4 Å². The lowest BCUT2D eigenvalue weighted by Crippen LogP contribution is -2.21. The number of amides is 1. The molecule has 0 fully saturated rings. The molecule has 28 heavy (non-hydrogen) atoms. The summed E-state index contributed by atoms with van der Waals surface area (Å²) in [5.74, 6) is -0.211. The highest BCUT2D eigenvalue weighted by atomic mass is 35.5. The van der Waals surface area contributed by atoms with Crippen LogP contribution in [0.2, 0.25) is 4.34 Å². The lowest BCUT2D eigenvalue weighted by Gasteiger charge is -2.07. The number of pyridine rings is 1. The maximum absolute atomic E-state index is 12.1. The SMILES string of the molecule is O=C(NCc1cn(-c2cccc(-n3ccccc3=O)c2)nn1)c1ccc(Cl)s1. The molecule has 0 unspecified atom stereocenters. The van der Waals surface area contributed by atoms with Gasteiger partial charge in [-0.2, -0.15) is 0 Å². The second-order valence-corrected chi connectivity index (χ2v) is 7.58. The molecule has 1 N–H and O–H groups in total. The molecule has 1 aromatic carbocycles. The Kier molecular flexibility index (Phi) is 5.05. The lowest BCUT2D eigenvalue weighted by atomic mass is 10.2. The second-order valence-electron chi connectivity index (χ2n) is 5.87. The number of hydrogen-bond donors (Lipinski definition) is 1. The van der Waals surface area contributed by atoms with Crippen molar-refractivity contribution in [2.75, 3.05) is 0 Å². The molecule has 3 aromatic heterocycles. The minimum absolute atomic E-state index is 0.115. The van der Waals surface area contributed by atoms with Crippen LogP contribution in [0.15, 0.2) is 71.8 Å². The molecule has 1 amide bonds. The van der Waals surface area contributed by atoms with Gasteiger partial charge >= 0.3 is 0 Å². The maximum Gasteiger partial charge on any atom is 0.261 e. The average Bonchev–Trinajstić information content (AvgIpc) is 3.36. The van der Waals surface area contributed by atoms with Crippen molar-refractivity contribution < 1.29 is 4.79 Å². The summed E-state index contributed by atoms with van der Waals surface area (Å²) in [6, 6.07) is 15.7. The average molecular weight is 412 g/mol. The Labute approximate surface area is 168 Å². The number of carbonyl (C=O) groups is 1. The largest absolute Gasteiger partial charge is 0.346 e. The maximum atomic E-state index is 12.1. The summed E-state index contributed by atoms with van der Waals surface area (Å²) in [4.78, 5) is 24.7. The van der Waals surface area contributed by atoms with Gasteiger partial charge < -0.3 is 5.32 Å². The molecule has 0 aliphatic heterocycles. The Morgan fingerprint density at radius 3 is 2.75 bits per heavy atom. The van der Waals surface area contributed by atoms with E-state index in [9.17, 15) is 9.59 Å². The zero-order valence-electron chi connectivity index (χ0n) is 14.4. The van der Waals surface area contributed by atoms with Crippen LogP contribution < -0.4 is 10.9 Å². The number of halogens is 1. The van der Waals surface area contributed by atoms with E-state index in [1.54, 1.807) is 45.9 Å². The van der Waals surface area contributed by atoms with Gasteiger partial charge in [-0.25, -0.2) is 4.68 Å². The summed E-state index contributed by atoms with van der Waals surface area (Å²) < 4.78 is 3.71. The molecule has 3 heterocycles. The number of nitrogens with zero attached hydrogens (tertiary/aromatic N) is 4. The Balaban J connectivity index is 1.50. The Hall–Kier alpha value is -3.23. The van der Waals surface area contributed by atoms with Crippen LogP contribution in [0.3, 0.4) is 0 Å². The van der Waals surface area contributed by atoms with Gasteiger partial charge in [0, 0.05) is 12.3 Å². The van der Waals surface area contributed by atoms with Gasteiger partial charge in [0.05, 0.1) is 33.3 Å². The molecule has 140 valence electrons. The number of rotatable bonds is 5. The summed E-state index contributed by atoms with van der Waals surface area (Å²) in [6.07, 6.45) is 3.44. The molecule has 0 bridgehead atoms. The van der Waals surface area contributed by atoms with Crippen LogP contribution in [0.4, 0.5) is 0 Å². The van der Waals surface area contributed by atoms with E-state index in [-0.39, 0.29) is 18.0 Å². The van der Waals surface area contributed by atoms with E-state index in [2.05, 4.69) is 15.6 Å². The number of carbonyl (C=O) groups excluding carboxylic acids is 1. The monoisotopic (exact) mass is 411 g/mol. The molecule has 0 saturated heterocycles. The summed E-state index contributed by atoms with van der Waals surface area (Å²) in [6.45, 7) is 0.242. The number of aromatic nitrogens is 4. The van der Waals surface area contributed by atoms with Crippen LogP contribution in [-0.4, -0.2) is 25.5 Å². The van der Waals surface area contributed by atoms with Gasteiger partial charge in [0.25, 0.3) is 11.5 Å². The highest BCUT2D eigenvalue weighted by Gasteiger charge is 2.10. The first-order valence-electron chi connectivity index (χ1n) is 8.33. The molecular weight excluding hydrogens is 398 g/mol. The van der Waals surface area contributed by atoms with E-state index < -0.39 is 0 Å². The molecule has 7 nitrogen and oxygen atoms in total. The van der Waals surface area contributed by atoms with Gasteiger partial charge in [0.2, 0.25) is 0 Å². The van der Waals surface area contributed by atoms with Gasteiger partial charge in [0.1, 0.15) is 5.69 Å². The third-order valence-electron chi connectivity index (χ3n) is 3.96. The molecule has 0 saturated carbocycles. The fraction of sp³-hybridized carbons (Fsp3) is 0.0526. The fourth-order valence-corrected chi connectivity index (χ4v) is 3.59. The molecule has 0 aliphatic carbocycles. The molecule has 0 aliphatic rings. The lowest BCUT2D eigenvalue weighted by molar-refractivity contribution is 0.0954. The van der Waals surface area contributed by atoms with Crippen molar-refractivity contribution >= 4 is 28.8 Å². The van der Waals surface area contributed by atoms with Crippen LogP contribution in [0, 0.1) is 0 Å². The first kappa shape index (κ1) is 18.1. The molecular formula is C19H14ClN5O2S. The molecule has 0 spiro atoms. The third kappa shape index (κ3) is 3.88. The van der Waals surface area contributed by atoms with Crippen LogP contribution >= 0.6 is 22.9 Å². The normalized spacial score (nSPS) is 10.8. The Bertz CT molecular complexity index is 1200. The van der Waals surface area contributed by atoms with Crippen molar-refractivity contribution in [3.63, 3.8) is 0 Å². The van der Waals surface area contributed by atoms with E-state index in [1.807, 2.05) is 24.3 Å².